The molecule has 0 atom stereocenters. The number of carbonyl (C=O) groups excluding carboxylic acids is 3. The number of nitrogens with one attached hydrogen (secondary N) is 2. The standard InChI is InChI=1S/C27H34N4O3/c32-25(29-23-13-11-21(12-14-23)26(33)30-17-6-3-7-18-30)20-28-24-10-8-9-22(19-24)27(34)31-15-4-1-2-5-16-31/h8-14,19,28H,1-7,15-18,20H2,(H,29,32). The highest BCUT2D eigenvalue weighted by molar-refractivity contribution is 5.97. The van der Waals surface area contributed by atoms with Crippen LogP contribution in [0.1, 0.15) is 65.7 Å². The molecule has 34 heavy (non-hydrogen) atoms. The lowest BCUT2D eigenvalue weighted by Crippen LogP contribution is -2.35. The second-order valence-electron chi connectivity index (χ2n) is 9.12. The number of piperidine rings is 1. The van der Waals surface area contributed by atoms with Crippen LogP contribution in [0.25, 0.3) is 0 Å². The number of benzene rings is 2. The molecule has 0 saturated carbocycles. The fourth-order valence-corrected chi connectivity index (χ4v) is 4.58. The minimum atomic E-state index is -0.195. The molecule has 2 heterocycles. The summed E-state index contributed by atoms with van der Waals surface area (Å²) in [5.74, 6) is -0.0950. The zero-order chi connectivity index (χ0) is 23.8. The summed E-state index contributed by atoms with van der Waals surface area (Å²) >= 11 is 0. The van der Waals surface area contributed by atoms with Gasteiger partial charge in [-0.15, -0.1) is 0 Å². The zero-order valence-corrected chi connectivity index (χ0v) is 19.7. The van der Waals surface area contributed by atoms with E-state index in [0.29, 0.717) is 16.8 Å². The molecule has 2 aromatic rings. The monoisotopic (exact) mass is 462 g/mol. The fourth-order valence-electron chi connectivity index (χ4n) is 4.58. The molecule has 0 bridgehead atoms. The van der Waals surface area contributed by atoms with Gasteiger partial charge in [-0.3, -0.25) is 14.4 Å². The molecule has 2 fully saturated rings. The van der Waals surface area contributed by atoms with E-state index in [2.05, 4.69) is 10.6 Å². The number of amides is 3. The van der Waals surface area contributed by atoms with E-state index < -0.39 is 0 Å². The summed E-state index contributed by atoms with van der Waals surface area (Å²) in [6.07, 6.45) is 7.76. The van der Waals surface area contributed by atoms with Crippen LogP contribution in [0.2, 0.25) is 0 Å². The Kier molecular flexibility index (Phi) is 8.17. The maximum Gasteiger partial charge on any atom is 0.253 e. The molecule has 180 valence electrons. The maximum atomic E-state index is 12.9. The number of hydrogen-bond acceptors (Lipinski definition) is 4. The van der Waals surface area contributed by atoms with Gasteiger partial charge in [-0.25, -0.2) is 0 Å². The Balaban J connectivity index is 1.28. The van der Waals surface area contributed by atoms with Crippen LogP contribution in [0.15, 0.2) is 48.5 Å². The summed E-state index contributed by atoms with van der Waals surface area (Å²) in [6.45, 7) is 3.32. The van der Waals surface area contributed by atoms with Crippen molar-refractivity contribution >= 4 is 29.1 Å². The van der Waals surface area contributed by atoms with E-state index in [9.17, 15) is 14.4 Å². The first-order chi connectivity index (χ1) is 16.6. The highest BCUT2D eigenvalue weighted by Gasteiger charge is 2.19. The predicted molar refractivity (Wildman–Crippen MR) is 134 cm³/mol. The van der Waals surface area contributed by atoms with Crippen LogP contribution in [0, 0.1) is 0 Å². The maximum absolute atomic E-state index is 12.9. The highest BCUT2D eigenvalue weighted by Crippen LogP contribution is 2.18. The van der Waals surface area contributed by atoms with E-state index in [1.165, 1.54) is 19.3 Å². The lowest BCUT2D eigenvalue weighted by molar-refractivity contribution is -0.114. The second kappa shape index (κ2) is 11.7. The minimum Gasteiger partial charge on any atom is -0.376 e. The second-order valence-corrected chi connectivity index (χ2v) is 9.12. The average molecular weight is 463 g/mol. The molecule has 3 amide bonds. The lowest BCUT2D eigenvalue weighted by atomic mass is 10.1. The summed E-state index contributed by atoms with van der Waals surface area (Å²) in [5, 5.41) is 5.96. The van der Waals surface area contributed by atoms with Gasteiger partial charge in [0, 0.05) is 48.7 Å². The van der Waals surface area contributed by atoms with Crippen molar-refractivity contribution in [2.75, 3.05) is 43.4 Å². The molecule has 2 aromatic carbocycles. The van der Waals surface area contributed by atoms with Gasteiger partial charge in [-0.2, -0.15) is 0 Å². The number of carbonyl (C=O) groups is 3. The number of nitrogens with zero attached hydrogens (tertiary/aromatic N) is 2. The van der Waals surface area contributed by atoms with Crippen molar-refractivity contribution in [1.82, 2.24) is 9.80 Å². The Morgan fingerprint density at radius 1 is 0.647 bits per heavy atom. The van der Waals surface area contributed by atoms with Gasteiger partial charge in [0.15, 0.2) is 0 Å². The molecule has 0 unspecified atom stereocenters. The van der Waals surface area contributed by atoms with Crippen molar-refractivity contribution < 1.29 is 14.4 Å². The van der Waals surface area contributed by atoms with Crippen molar-refractivity contribution in [3.8, 4) is 0 Å². The minimum absolute atomic E-state index is 0.0499. The smallest absolute Gasteiger partial charge is 0.253 e. The Labute approximate surface area is 201 Å². The molecule has 2 N–H and O–H groups in total. The topological polar surface area (TPSA) is 81.8 Å². The third kappa shape index (κ3) is 6.37. The normalized spacial score (nSPS) is 16.5. The van der Waals surface area contributed by atoms with E-state index in [0.717, 1.165) is 57.5 Å². The van der Waals surface area contributed by atoms with E-state index in [1.807, 2.05) is 34.1 Å². The molecule has 0 aliphatic carbocycles. The Morgan fingerprint density at radius 2 is 1.21 bits per heavy atom. The molecular weight excluding hydrogens is 428 g/mol. The number of anilines is 2. The molecule has 7 heteroatoms. The number of hydrogen-bond donors (Lipinski definition) is 2. The van der Waals surface area contributed by atoms with Gasteiger partial charge in [-0.1, -0.05) is 18.9 Å². The summed E-state index contributed by atoms with van der Waals surface area (Å²) in [4.78, 5) is 41.7. The van der Waals surface area contributed by atoms with Crippen molar-refractivity contribution in [3.63, 3.8) is 0 Å². The first-order valence-electron chi connectivity index (χ1n) is 12.4. The SMILES string of the molecule is O=C(CNc1cccc(C(=O)N2CCCCCC2)c1)Nc1ccc(C(=O)N2CCCCC2)cc1. The largest absolute Gasteiger partial charge is 0.376 e. The molecule has 7 nitrogen and oxygen atoms in total. The van der Waals surface area contributed by atoms with Gasteiger partial charge in [0.05, 0.1) is 6.54 Å². The van der Waals surface area contributed by atoms with Gasteiger partial charge in [0.2, 0.25) is 5.91 Å². The van der Waals surface area contributed by atoms with Crippen molar-refractivity contribution in [2.24, 2.45) is 0 Å². The first kappa shape index (κ1) is 23.8. The molecule has 2 aliphatic rings. The predicted octanol–water partition coefficient (Wildman–Crippen LogP) is 4.38. The fraction of sp³-hybridized carbons (Fsp3) is 0.444. The summed E-state index contributed by atoms with van der Waals surface area (Å²) in [7, 11) is 0. The van der Waals surface area contributed by atoms with Gasteiger partial charge < -0.3 is 20.4 Å². The van der Waals surface area contributed by atoms with Crippen LogP contribution in [-0.2, 0) is 4.79 Å². The first-order valence-corrected chi connectivity index (χ1v) is 12.4. The van der Waals surface area contributed by atoms with Gasteiger partial charge in [-0.05, 0) is 74.6 Å². The van der Waals surface area contributed by atoms with Crippen LogP contribution < -0.4 is 10.6 Å². The van der Waals surface area contributed by atoms with E-state index in [4.69, 9.17) is 0 Å². The van der Waals surface area contributed by atoms with Crippen LogP contribution in [-0.4, -0.2) is 60.2 Å². The Hall–Kier alpha value is -3.35. The van der Waals surface area contributed by atoms with E-state index in [-0.39, 0.29) is 24.3 Å². The highest BCUT2D eigenvalue weighted by atomic mass is 16.2. The molecular formula is C27H34N4O3. The van der Waals surface area contributed by atoms with Crippen molar-refractivity contribution in [3.05, 3.63) is 59.7 Å². The summed E-state index contributed by atoms with van der Waals surface area (Å²) in [6, 6.07) is 14.4. The lowest BCUT2D eigenvalue weighted by Gasteiger charge is -2.26. The van der Waals surface area contributed by atoms with Crippen molar-refractivity contribution in [1.29, 1.82) is 0 Å². The summed E-state index contributed by atoms with van der Waals surface area (Å²) < 4.78 is 0. The molecule has 4 rings (SSSR count). The molecule has 0 radical (unpaired) electrons. The molecule has 2 saturated heterocycles. The number of likely N-dealkylation sites (tertiary alicyclic amines) is 2. The third-order valence-electron chi connectivity index (χ3n) is 6.51. The van der Waals surface area contributed by atoms with Crippen LogP contribution in [0.5, 0.6) is 0 Å². The van der Waals surface area contributed by atoms with Crippen molar-refractivity contribution in [2.45, 2.75) is 44.9 Å². The van der Waals surface area contributed by atoms with Crippen LogP contribution in [0.3, 0.4) is 0 Å². The quantitative estimate of drug-likeness (QED) is 0.668. The number of rotatable bonds is 6. The Bertz CT molecular complexity index is 991. The summed E-state index contributed by atoms with van der Waals surface area (Å²) in [5.41, 5.74) is 2.66. The van der Waals surface area contributed by atoms with Crippen LogP contribution >= 0.6 is 0 Å². The Morgan fingerprint density at radius 3 is 1.82 bits per heavy atom. The zero-order valence-electron chi connectivity index (χ0n) is 19.7. The van der Waals surface area contributed by atoms with Gasteiger partial charge in [0.25, 0.3) is 11.8 Å². The van der Waals surface area contributed by atoms with E-state index in [1.54, 1.807) is 24.3 Å². The van der Waals surface area contributed by atoms with E-state index >= 15 is 0 Å². The molecule has 0 spiro atoms. The van der Waals surface area contributed by atoms with Crippen LogP contribution in [0.4, 0.5) is 11.4 Å². The van der Waals surface area contributed by atoms with Gasteiger partial charge >= 0.3 is 0 Å². The van der Waals surface area contributed by atoms with Gasteiger partial charge in [0.1, 0.15) is 0 Å². The molecule has 0 aromatic heterocycles. The molecule has 2 aliphatic heterocycles. The third-order valence-corrected chi connectivity index (χ3v) is 6.51. The average Bonchev–Trinajstić information content (AvgIpc) is 3.17.